The van der Waals surface area contributed by atoms with Gasteiger partial charge in [-0.2, -0.15) is 0 Å². The van der Waals surface area contributed by atoms with Crippen LogP contribution in [0.25, 0.3) is 0 Å². The molecule has 0 saturated carbocycles. The monoisotopic (exact) mass is 358 g/mol. The molecule has 21 heavy (non-hydrogen) atoms. The Morgan fingerprint density at radius 1 is 1.19 bits per heavy atom. The SMILES string of the molecule is ClCc1cc(Cl)cc(Cl)c1OCC1Cc2ccccc2S1. The molecule has 3 rings (SSSR count). The van der Waals surface area contributed by atoms with Crippen LogP contribution in [0.2, 0.25) is 10.0 Å². The smallest absolute Gasteiger partial charge is 0.142 e. The molecule has 0 bridgehead atoms. The quantitative estimate of drug-likeness (QED) is 0.635. The Morgan fingerprint density at radius 3 is 2.76 bits per heavy atom. The van der Waals surface area contributed by atoms with Crippen LogP contribution < -0.4 is 4.74 Å². The van der Waals surface area contributed by atoms with Crippen molar-refractivity contribution >= 4 is 46.6 Å². The first-order chi connectivity index (χ1) is 10.2. The van der Waals surface area contributed by atoms with Crippen molar-refractivity contribution in [2.75, 3.05) is 6.61 Å². The van der Waals surface area contributed by atoms with Gasteiger partial charge < -0.3 is 4.74 Å². The molecule has 0 amide bonds. The minimum Gasteiger partial charge on any atom is -0.491 e. The maximum Gasteiger partial charge on any atom is 0.142 e. The number of fused-ring (bicyclic) bond motifs is 1. The molecule has 0 aromatic heterocycles. The summed E-state index contributed by atoms with van der Waals surface area (Å²) in [5.41, 5.74) is 2.21. The van der Waals surface area contributed by atoms with Crippen molar-refractivity contribution in [2.45, 2.75) is 22.4 Å². The Morgan fingerprint density at radius 2 is 2.00 bits per heavy atom. The fourth-order valence-corrected chi connectivity index (χ4v) is 4.40. The van der Waals surface area contributed by atoms with Crippen LogP contribution in [0.5, 0.6) is 5.75 Å². The lowest BCUT2D eigenvalue weighted by molar-refractivity contribution is 0.315. The van der Waals surface area contributed by atoms with Crippen molar-refractivity contribution in [3.8, 4) is 5.75 Å². The lowest BCUT2D eigenvalue weighted by Gasteiger charge is -2.15. The summed E-state index contributed by atoms with van der Waals surface area (Å²) in [6.45, 7) is 0.602. The first kappa shape index (κ1) is 15.4. The third-order valence-corrected chi connectivity index (χ3v) is 5.43. The molecule has 2 aromatic carbocycles. The molecule has 110 valence electrons. The number of hydrogen-bond donors (Lipinski definition) is 0. The van der Waals surface area contributed by atoms with Crippen LogP contribution in [0, 0.1) is 0 Å². The summed E-state index contributed by atoms with van der Waals surface area (Å²) in [6, 6.07) is 11.9. The van der Waals surface area contributed by atoms with Gasteiger partial charge in [0, 0.05) is 20.7 Å². The molecule has 0 radical (unpaired) electrons. The molecule has 0 spiro atoms. The normalized spacial score (nSPS) is 16.8. The summed E-state index contributed by atoms with van der Waals surface area (Å²) in [6.07, 6.45) is 1.02. The zero-order valence-corrected chi connectivity index (χ0v) is 14.2. The molecular weight excluding hydrogens is 347 g/mol. The molecule has 2 aromatic rings. The van der Waals surface area contributed by atoms with Crippen LogP contribution in [-0.4, -0.2) is 11.9 Å². The number of alkyl halides is 1. The van der Waals surface area contributed by atoms with Gasteiger partial charge in [-0.05, 0) is 30.2 Å². The Balaban J connectivity index is 1.70. The number of rotatable bonds is 4. The largest absolute Gasteiger partial charge is 0.491 e. The van der Waals surface area contributed by atoms with E-state index < -0.39 is 0 Å². The predicted octanol–water partition coefficient (Wildman–Crippen LogP) is 5.83. The van der Waals surface area contributed by atoms with E-state index >= 15 is 0 Å². The van der Waals surface area contributed by atoms with E-state index in [0.717, 1.165) is 12.0 Å². The van der Waals surface area contributed by atoms with Gasteiger partial charge in [0.05, 0.1) is 10.9 Å². The van der Waals surface area contributed by atoms with E-state index in [0.29, 0.717) is 33.5 Å². The lowest BCUT2D eigenvalue weighted by atomic mass is 10.1. The Kier molecular flexibility index (Phi) is 4.90. The molecule has 0 N–H and O–H groups in total. The second-order valence-corrected chi connectivity index (χ2v) is 7.33. The van der Waals surface area contributed by atoms with Gasteiger partial charge in [0.2, 0.25) is 0 Å². The minimum atomic E-state index is 0.327. The summed E-state index contributed by atoms with van der Waals surface area (Å²) in [5.74, 6) is 0.973. The molecule has 1 aliphatic rings. The van der Waals surface area contributed by atoms with Crippen LogP contribution in [-0.2, 0) is 12.3 Å². The summed E-state index contributed by atoms with van der Waals surface area (Å²) in [5, 5.41) is 1.49. The van der Waals surface area contributed by atoms with Crippen LogP contribution in [0.4, 0.5) is 0 Å². The van der Waals surface area contributed by atoms with E-state index in [9.17, 15) is 0 Å². The fraction of sp³-hybridized carbons (Fsp3) is 0.250. The first-order valence-corrected chi connectivity index (χ1v) is 8.75. The van der Waals surface area contributed by atoms with E-state index in [4.69, 9.17) is 39.5 Å². The maximum absolute atomic E-state index is 6.21. The van der Waals surface area contributed by atoms with E-state index in [2.05, 4.69) is 24.3 Å². The van der Waals surface area contributed by atoms with Gasteiger partial charge in [-0.3, -0.25) is 0 Å². The number of ether oxygens (including phenoxy) is 1. The number of hydrogen-bond acceptors (Lipinski definition) is 2. The van der Waals surface area contributed by atoms with Gasteiger partial charge in [0.25, 0.3) is 0 Å². The highest BCUT2D eigenvalue weighted by Crippen LogP contribution is 2.38. The van der Waals surface area contributed by atoms with Crippen molar-refractivity contribution in [1.82, 2.24) is 0 Å². The summed E-state index contributed by atoms with van der Waals surface area (Å²) in [7, 11) is 0. The third-order valence-electron chi connectivity index (χ3n) is 3.36. The number of benzene rings is 2. The van der Waals surface area contributed by atoms with Crippen molar-refractivity contribution in [3.63, 3.8) is 0 Å². The molecule has 0 fully saturated rings. The highest BCUT2D eigenvalue weighted by Gasteiger charge is 2.23. The van der Waals surface area contributed by atoms with Gasteiger partial charge in [-0.25, -0.2) is 0 Å². The van der Waals surface area contributed by atoms with Crippen molar-refractivity contribution < 1.29 is 4.74 Å². The van der Waals surface area contributed by atoms with Crippen LogP contribution in [0.3, 0.4) is 0 Å². The molecule has 1 atom stereocenters. The fourth-order valence-electron chi connectivity index (χ4n) is 2.40. The average Bonchev–Trinajstić information content (AvgIpc) is 2.88. The molecule has 1 aliphatic heterocycles. The molecular formula is C16H13Cl3OS. The zero-order chi connectivity index (χ0) is 14.8. The Hall–Kier alpha value is -0.540. The standard InChI is InChI=1S/C16H13Cl3OS/c17-8-11-5-12(18)7-14(19)16(11)20-9-13-6-10-3-1-2-4-15(10)21-13/h1-5,7,13H,6,8-9H2. The minimum absolute atomic E-state index is 0.327. The van der Waals surface area contributed by atoms with Gasteiger partial charge >= 0.3 is 0 Å². The van der Waals surface area contributed by atoms with Gasteiger partial charge in [0.15, 0.2) is 0 Å². The topological polar surface area (TPSA) is 9.23 Å². The van der Waals surface area contributed by atoms with Gasteiger partial charge in [0.1, 0.15) is 12.4 Å². The second-order valence-electron chi connectivity index (χ2n) is 4.87. The van der Waals surface area contributed by atoms with Gasteiger partial charge in [-0.1, -0.05) is 41.4 Å². The van der Waals surface area contributed by atoms with Crippen LogP contribution in [0.15, 0.2) is 41.3 Å². The van der Waals surface area contributed by atoms with E-state index in [1.807, 2.05) is 11.8 Å². The molecule has 0 saturated heterocycles. The summed E-state index contributed by atoms with van der Waals surface area (Å²) >= 11 is 20.0. The van der Waals surface area contributed by atoms with Crippen LogP contribution in [0.1, 0.15) is 11.1 Å². The average molecular weight is 360 g/mol. The first-order valence-electron chi connectivity index (χ1n) is 6.58. The lowest BCUT2D eigenvalue weighted by Crippen LogP contribution is -2.14. The molecule has 0 aliphatic carbocycles. The summed E-state index contributed by atoms with van der Waals surface area (Å²) < 4.78 is 5.93. The molecule has 5 heteroatoms. The summed E-state index contributed by atoms with van der Waals surface area (Å²) in [4.78, 5) is 1.34. The zero-order valence-electron chi connectivity index (χ0n) is 11.1. The van der Waals surface area contributed by atoms with Crippen molar-refractivity contribution in [3.05, 3.63) is 57.6 Å². The third kappa shape index (κ3) is 3.45. The predicted molar refractivity (Wildman–Crippen MR) is 91.3 cm³/mol. The maximum atomic E-state index is 6.21. The van der Waals surface area contributed by atoms with E-state index in [-0.39, 0.29) is 0 Å². The van der Waals surface area contributed by atoms with E-state index in [1.165, 1.54) is 10.5 Å². The molecule has 1 unspecified atom stereocenters. The van der Waals surface area contributed by atoms with E-state index in [1.54, 1.807) is 12.1 Å². The second kappa shape index (κ2) is 6.70. The Labute approximate surface area is 143 Å². The number of halogens is 3. The number of thioether (sulfide) groups is 1. The van der Waals surface area contributed by atoms with Crippen molar-refractivity contribution in [2.24, 2.45) is 0 Å². The van der Waals surface area contributed by atoms with Crippen LogP contribution >= 0.6 is 46.6 Å². The molecule has 1 nitrogen and oxygen atoms in total. The van der Waals surface area contributed by atoms with Gasteiger partial charge in [-0.15, -0.1) is 23.4 Å². The highest BCUT2D eigenvalue weighted by atomic mass is 35.5. The molecule has 1 heterocycles. The van der Waals surface area contributed by atoms with Crippen molar-refractivity contribution in [1.29, 1.82) is 0 Å². The Bertz CT molecular complexity index is 635. The highest BCUT2D eigenvalue weighted by molar-refractivity contribution is 8.00.